The molecule has 0 aliphatic rings. The molecule has 49 heavy (non-hydrogen) atoms. The smallest absolute Gasteiger partial charge is 0.0564 e. The largest absolute Gasteiger partial charge is 0.396 e. The van der Waals surface area contributed by atoms with Crippen LogP contribution in [0.5, 0.6) is 0 Å². The first-order chi connectivity index (χ1) is 23.3. The Morgan fingerprint density at radius 3 is 1.12 bits per heavy atom. The molecular formula is C35H73NO13. The van der Waals surface area contributed by atoms with Crippen LogP contribution in [0, 0.1) is 39.4 Å². The summed E-state index contributed by atoms with van der Waals surface area (Å²) in [5.74, 6) is -0.0730. The van der Waals surface area contributed by atoms with Crippen molar-refractivity contribution in [3.63, 3.8) is 0 Å². The van der Waals surface area contributed by atoms with Gasteiger partial charge >= 0.3 is 0 Å². The van der Waals surface area contributed by atoms with E-state index < -0.39 is 21.7 Å². The molecule has 0 rings (SSSR count). The Labute approximate surface area is 295 Å². The Bertz CT molecular complexity index is 738. The van der Waals surface area contributed by atoms with Gasteiger partial charge in [-0.2, -0.15) is 0 Å². The minimum Gasteiger partial charge on any atom is -0.396 e. The highest BCUT2D eigenvalue weighted by molar-refractivity contribution is 4.75. The summed E-state index contributed by atoms with van der Waals surface area (Å²) in [6.45, 7) is 9.39. The topological polar surface area (TPSA) is 220 Å². The molecule has 0 aliphatic heterocycles. The lowest BCUT2D eigenvalue weighted by molar-refractivity contribution is -0.0715. The molecule has 0 spiro atoms. The molecule has 0 heterocycles. The minimum absolute atomic E-state index is 0.0371. The van der Waals surface area contributed by atoms with Crippen LogP contribution in [-0.2, 0) is 23.7 Å². The molecule has 14 heteroatoms. The van der Waals surface area contributed by atoms with Crippen LogP contribution in [0.3, 0.4) is 0 Å². The van der Waals surface area contributed by atoms with Gasteiger partial charge in [0.2, 0.25) is 0 Å². The van der Waals surface area contributed by atoms with E-state index in [2.05, 4.69) is 5.32 Å². The molecule has 2 unspecified atom stereocenters. The molecule has 0 fully saturated rings. The van der Waals surface area contributed by atoms with Gasteiger partial charge in [-0.15, -0.1) is 0 Å². The maximum atomic E-state index is 9.62. The van der Waals surface area contributed by atoms with Gasteiger partial charge in [-0.25, -0.2) is 0 Å². The van der Waals surface area contributed by atoms with Crippen LogP contribution < -0.4 is 5.32 Å². The Balaban J connectivity index is 5.17. The highest BCUT2D eigenvalue weighted by atomic mass is 16.5. The quantitative estimate of drug-likeness (QED) is 0.0384. The summed E-state index contributed by atoms with van der Waals surface area (Å²) in [5, 5.41) is 80.0. The SMILES string of the molecule is CNCC(COCC(CCCCC(C)(CO)CO)COCC(C)(CO)CO)COCC(COCC(C)(CO)CO)COCC(C)(CO)CO. The molecule has 0 saturated heterocycles. The molecular weight excluding hydrogens is 642 g/mol. The Morgan fingerprint density at radius 2 is 0.755 bits per heavy atom. The van der Waals surface area contributed by atoms with Gasteiger partial charge in [0.25, 0.3) is 0 Å². The van der Waals surface area contributed by atoms with E-state index in [-0.39, 0.29) is 104 Å². The van der Waals surface area contributed by atoms with Crippen LogP contribution in [0.4, 0.5) is 0 Å². The van der Waals surface area contributed by atoms with Gasteiger partial charge in [0.15, 0.2) is 0 Å². The molecule has 0 radical (unpaired) electrons. The third-order valence-corrected chi connectivity index (χ3v) is 9.02. The van der Waals surface area contributed by atoms with Gasteiger partial charge in [-0.3, -0.25) is 0 Å². The van der Waals surface area contributed by atoms with Crippen molar-refractivity contribution in [1.82, 2.24) is 5.32 Å². The van der Waals surface area contributed by atoms with Gasteiger partial charge in [-0.05, 0) is 19.9 Å². The summed E-state index contributed by atoms with van der Waals surface area (Å²) in [5.41, 5.74) is -2.78. The lowest BCUT2D eigenvalue weighted by Crippen LogP contribution is -2.35. The molecule has 2 atom stereocenters. The standard InChI is InChI=1S/C35H73NO13/c1-32(18-37,19-38)9-7-6-8-29(12-47-26-33(2,20-39)21-40)11-45-13-30(10-36-5)14-46-15-31(16-48-27-34(3,22-41)23-42)17-49-28-35(4,24-43)25-44/h29-31,36-44H,6-28H2,1-5H3. The molecule has 296 valence electrons. The van der Waals surface area contributed by atoms with Gasteiger partial charge < -0.3 is 69.9 Å². The zero-order valence-corrected chi connectivity index (χ0v) is 31.1. The number of nitrogens with one attached hydrogen (secondary N) is 1. The van der Waals surface area contributed by atoms with Crippen molar-refractivity contribution in [2.75, 3.05) is 133 Å². The van der Waals surface area contributed by atoms with E-state index in [4.69, 9.17) is 23.7 Å². The third-order valence-electron chi connectivity index (χ3n) is 9.02. The van der Waals surface area contributed by atoms with E-state index in [0.29, 0.717) is 46.0 Å². The van der Waals surface area contributed by atoms with Gasteiger partial charge in [-0.1, -0.05) is 40.5 Å². The van der Waals surface area contributed by atoms with E-state index in [9.17, 15) is 40.9 Å². The molecule has 9 N–H and O–H groups in total. The molecule has 0 aromatic carbocycles. The first-order valence-corrected chi connectivity index (χ1v) is 17.7. The summed E-state index contributed by atoms with van der Waals surface area (Å²) in [7, 11) is 1.86. The highest BCUT2D eigenvalue weighted by Crippen LogP contribution is 2.25. The summed E-state index contributed by atoms with van der Waals surface area (Å²) in [4.78, 5) is 0. The molecule has 0 aromatic rings. The van der Waals surface area contributed by atoms with Crippen LogP contribution in [0.25, 0.3) is 0 Å². The first kappa shape index (κ1) is 48.4. The number of aliphatic hydroxyl groups is 8. The minimum atomic E-state index is -0.770. The average Bonchev–Trinajstić information content (AvgIpc) is 3.12. The van der Waals surface area contributed by atoms with E-state index in [1.807, 2.05) is 14.0 Å². The van der Waals surface area contributed by atoms with Crippen LogP contribution in [0.2, 0.25) is 0 Å². The number of rotatable bonds is 35. The summed E-state index contributed by atoms with van der Waals surface area (Å²) >= 11 is 0. The number of ether oxygens (including phenoxy) is 5. The van der Waals surface area contributed by atoms with Gasteiger partial charge in [0.05, 0.1) is 119 Å². The lowest BCUT2D eigenvalue weighted by atomic mass is 9.86. The Morgan fingerprint density at radius 1 is 0.429 bits per heavy atom. The van der Waals surface area contributed by atoms with Crippen LogP contribution in [-0.4, -0.2) is 173 Å². The van der Waals surface area contributed by atoms with Crippen molar-refractivity contribution >= 4 is 0 Å². The monoisotopic (exact) mass is 716 g/mol. The van der Waals surface area contributed by atoms with Crippen LogP contribution in [0.15, 0.2) is 0 Å². The lowest BCUT2D eigenvalue weighted by Gasteiger charge is -2.28. The predicted molar refractivity (Wildman–Crippen MR) is 186 cm³/mol. The Kier molecular flexibility index (Phi) is 26.8. The summed E-state index contributed by atoms with van der Waals surface area (Å²) < 4.78 is 29.9. The average molecular weight is 716 g/mol. The first-order valence-electron chi connectivity index (χ1n) is 17.7. The molecule has 0 bridgehead atoms. The summed E-state index contributed by atoms with van der Waals surface area (Å²) in [6.07, 6.45) is 3.21. The second kappa shape index (κ2) is 27.1. The second-order valence-electron chi connectivity index (χ2n) is 15.5. The van der Waals surface area contributed by atoms with Crippen molar-refractivity contribution in [2.45, 2.75) is 53.4 Å². The summed E-state index contributed by atoms with van der Waals surface area (Å²) in [6, 6.07) is 0. The van der Waals surface area contributed by atoms with Crippen molar-refractivity contribution in [1.29, 1.82) is 0 Å². The zero-order chi connectivity index (χ0) is 37.2. The number of hydrogen-bond acceptors (Lipinski definition) is 14. The maximum absolute atomic E-state index is 9.62. The van der Waals surface area contributed by atoms with E-state index in [1.165, 1.54) is 0 Å². The number of hydrogen-bond donors (Lipinski definition) is 9. The van der Waals surface area contributed by atoms with Crippen molar-refractivity contribution in [2.24, 2.45) is 39.4 Å². The fourth-order valence-corrected chi connectivity index (χ4v) is 4.65. The van der Waals surface area contributed by atoms with Gasteiger partial charge in [0.1, 0.15) is 0 Å². The third kappa shape index (κ3) is 21.5. The normalized spacial score (nSPS) is 14.6. The second-order valence-corrected chi connectivity index (χ2v) is 15.5. The van der Waals surface area contributed by atoms with E-state index in [0.717, 1.165) is 19.3 Å². The fourth-order valence-electron chi connectivity index (χ4n) is 4.65. The maximum Gasteiger partial charge on any atom is 0.0564 e. The molecule has 0 aromatic heterocycles. The van der Waals surface area contributed by atoms with Crippen molar-refractivity contribution in [3.05, 3.63) is 0 Å². The van der Waals surface area contributed by atoms with Crippen LogP contribution >= 0.6 is 0 Å². The van der Waals surface area contributed by atoms with Gasteiger partial charge in [0, 0.05) is 46.0 Å². The van der Waals surface area contributed by atoms with Crippen molar-refractivity contribution in [3.8, 4) is 0 Å². The molecule has 0 saturated carbocycles. The Hall–Kier alpha value is -0.560. The molecule has 14 nitrogen and oxygen atoms in total. The van der Waals surface area contributed by atoms with E-state index in [1.54, 1.807) is 20.8 Å². The fraction of sp³-hybridized carbons (Fsp3) is 1.00. The van der Waals surface area contributed by atoms with E-state index >= 15 is 0 Å². The zero-order valence-electron chi connectivity index (χ0n) is 31.1. The highest BCUT2D eigenvalue weighted by Gasteiger charge is 2.27. The molecule has 0 aliphatic carbocycles. The number of unbranched alkanes of at least 4 members (excludes halogenated alkanes) is 1. The molecule has 0 amide bonds. The van der Waals surface area contributed by atoms with Crippen LogP contribution in [0.1, 0.15) is 53.4 Å². The number of aliphatic hydroxyl groups excluding tert-OH is 8. The predicted octanol–water partition coefficient (Wildman–Crippen LogP) is -0.339. The van der Waals surface area contributed by atoms with Crippen molar-refractivity contribution < 1.29 is 64.5 Å².